The lowest BCUT2D eigenvalue weighted by atomic mass is 10.2. The average Bonchev–Trinajstić information content (AvgIpc) is 2.78. The molecular formula is C24H26N2O3. The van der Waals surface area contributed by atoms with Crippen molar-refractivity contribution >= 4 is 11.6 Å². The van der Waals surface area contributed by atoms with Crippen LogP contribution in [-0.2, 0) is 17.9 Å². The van der Waals surface area contributed by atoms with Crippen LogP contribution in [0.1, 0.15) is 18.1 Å². The van der Waals surface area contributed by atoms with Crippen LogP contribution in [0.5, 0.6) is 11.5 Å². The van der Waals surface area contributed by atoms with Gasteiger partial charge in [-0.05, 0) is 54.4 Å². The Hall–Kier alpha value is -3.47. The molecule has 1 atom stereocenters. The molecule has 0 aliphatic heterocycles. The Bertz CT molecular complexity index is 894. The minimum atomic E-state index is -0.357. The molecule has 2 N–H and O–H groups in total. The first-order valence-electron chi connectivity index (χ1n) is 9.58. The van der Waals surface area contributed by atoms with Crippen molar-refractivity contribution in [2.24, 2.45) is 0 Å². The quantitative estimate of drug-likeness (QED) is 0.569. The van der Waals surface area contributed by atoms with E-state index in [1.54, 1.807) is 7.11 Å². The van der Waals surface area contributed by atoms with Crippen molar-refractivity contribution in [3.8, 4) is 11.5 Å². The summed E-state index contributed by atoms with van der Waals surface area (Å²) in [5.74, 6) is 1.52. The van der Waals surface area contributed by atoms with Gasteiger partial charge in [-0.15, -0.1) is 0 Å². The maximum Gasteiger partial charge on any atom is 0.242 e. The summed E-state index contributed by atoms with van der Waals surface area (Å²) in [6, 6.07) is 24.9. The zero-order chi connectivity index (χ0) is 20.5. The summed E-state index contributed by atoms with van der Waals surface area (Å²) in [6.45, 7) is 2.84. The van der Waals surface area contributed by atoms with Gasteiger partial charge in [0, 0.05) is 12.2 Å². The van der Waals surface area contributed by atoms with E-state index in [-0.39, 0.29) is 11.9 Å². The predicted molar refractivity (Wildman–Crippen MR) is 115 cm³/mol. The molecular weight excluding hydrogens is 364 g/mol. The third-order valence-corrected chi connectivity index (χ3v) is 4.50. The number of hydrogen-bond acceptors (Lipinski definition) is 4. The Kier molecular flexibility index (Phi) is 7.11. The molecule has 0 radical (unpaired) electrons. The number of carbonyl (C=O) groups excluding carboxylic acids is 1. The summed E-state index contributed by atoms with van der Waals surface area (Å²) in [4.78, 5) is 12.3. The molecule has 0 aromatic heterocycles. The average molecular weight is 390 g/mol. The second-order valence-electron chi connectivity index (χ2n) is 6.73. The molecule has 3 rings (SSSR count). The second-order valence-corrected chi connectivity index (χ2v) is 6.73. The Labute approximate surface area is 171 Å². The van der Waals surface area contributed by atoms with Crippen molar-refractivity contribution in [1.29, 1.82) is 0 Å². The Balaban J connectivity index is 1.45. The van der Waals surface area contributed by atoms with Crippen LogP contribution in [0, 0.1) is 0 Å². The minimum Gasteiger partial charge on any atom is -0.497 e. The lowest BCUT2D eigenvalue weighted by Crippen LogP contribution is -2.37. The summed E-state index contributed by atoms with van der Waals surface area (Å²) < 4.78 is 10.9. The van der Waals surface area contributed by atoms with Crippen molar-refractivity contribution in [3.63, 3.8) is 0 Å². The monoisotopic (exact) mass is 390 g/mol. The molecule has 0 aliphatic rings. The highest BCUT2D eigenvalue weighted by Gasteiger charge is 2.12. The molecule has 0 aliphatic carbocycles. The number of carbonyl (C=O) groups is 1. The number of hydrogen-bond donors (Lipinski definition) is 2. The number of rotatable bonds is 9. The molecule has 0 saturated carbocycles. The third kappa shape index (κ3) is 6.28. The fourth-order valence-electron chi connectivity index (χ4n) is 2.79. The van der Waals surface area contributed by atoms with Crippen molar-refractivity contribution in [3.05, 3.63) is 90.0 Å². The predicted octanol–water partition coefficient (Wildman–Crippen LogP) is 4.39. The van der Waals surface area contributed by atoms with E-state index in [2.05, 4.69) is 10.6 Å². The van der Waals surface area contributed by atoms with E-state index >= 15 is 0 Å². The van der Waals surface area contributed by atoms with Crippen LogP contribution in [-0.4, -0.2) is 19.1 Å². The summed E-state index contributed by atoms with van der Waals surface area (Å²) in [7, 11) is 1.63. The molecule has 0 fully saturated rings. The van der Waals surface area contributed by atoms with Crippen LogP contribution in [0.25, 0.3) is 0 Å². The van der Waals surface area contributed by atoms with Gasteiger partial charge in [0.25, 0.3) is 0 Å². The topological polar surface area (TPSA) is 59.6 Å². The number of anilines is 1. The van der Waals surface area contributed by atoms with E-state index < -0.39 is 0 Å². The molecule has 0 bridgehead atoms. The summed E-state index contributed by atoms with van der Waals surface area (Å²) in [6.07, 6.45) is 0. The van der Waals surface area contributed by atoms with E-state index in [0.717, 1.165) is 28.3 Å². The van der Waals surface area contributed by atoms with E-state index in [9.17, 15) is 4.79 Å². The van der Waals surface area contributed by atoms with E-state index in [1.807, 2.05) is 85.8 Å². The molecule has 5 heteroatoms. The van der Waals surface area contributed by atoms with Crippen molar-refractivity contribution in [2.75, 3.05) is 12.4 Å². The number of amides is 1. The van der Waals surface area contributed by atoms with Crippen LogP contribution in [0.15, 0.2) is 78.9 Å². The normalized spacial score (nSPS) is 11.4. The maximum absolute atomic E-state index is 12.3. The molecule has 150 valence electrons. The van der Waals surface area contributed by atoms with E-state index in [1.165, 1.54) is 0 Å². The van der Waals surface area contributed by atoms with Gasteiger partial charge in [-0.2, -0.15) is 0 Å². The summed E-state index contributed by atoms with van der Waals surface area (Å²) in [5, 5.41) is 6.15. The minimum absolute atomic E-state index is 0.0646. The van der Waals surface area contributed by atoms with Crippen LogP contribution in [0.3, 0.4) is 0 Å². The highest BCUT2D eigenvalue weighted by Crippen LogP contribution is 2.18. The van der Waals surface area contributed by atoms with Crippen LogP contribution in [0.2, 0.25) is 0 Å². The molecule has 0 heterocycles. The number of ether oxygens (including phenoxy) is 2. The van der Waals surface area contributed by atoms with E-state index in [4.69, 9.17) is 9.47 Å². The highest BCUT2D eigenvalue weighted by molar-refractivity contribution is 5.84. The first kappa shape index (κ1) is 20.3. The van der Waals surface area contributed by atoms with Gasteiger partial charge in [0.2, 0.25) is 5.91 Å². The number of methoxy groups -OCH3 is 1. The zero-order valence-electron chi connectivity index (χ0n) is 16.7. The molecule has 0 unspecified atom stereocenters. The molecule has 1 amide bonds. The number of benzene rings is 3. The lowest BCUT2D eigenvalue weighted by Gasteiger charge is -2.16. The van der Waals surface area contributed by atoms with Gasteiger partial charge in [0.05, 0.1) is 7.11 Å². The molecule has 0 spiro atoms. The van der Waals surface area contributed by atoms with Crippen LogP contribution < -0.4 is 20.1 Å². The SMILES string of the molecule is COc1ccc(CNC(=O)[C@@H](C)Nc2ccc(OCc3ccccc3)cc2)cc1. The highest BCUT2D eigenvalue weighted by atomic mass is 16.5. The van der Waals surface area contributed by atoms with Gasteiger partial charge in [0.15, 0.2) is 0 Å². The molecule has 0 saturated heterocycles. The first-order valence-corrected chi connectivity index (χ1v) is 9.58. The summed E-state index contributed by atoms with van der Waals surface area (Å²) >= 11 is 0. The van der Waals surface area contributed by atoms with Crippen molar-refractivity contribution in [2.45, 2.75) is 26.1 Å². The third-order valence-electron chi connectivity index (χ3n) is 4.50. The second kappa shape index (κ2) is 10.2. The fraction of sp³-hybridized carbons (Fsp3) is 0.208. The Morgan fingerprint density at radius 2 is 1.52 bits per heavy atom. The van der Waals surface area contributed by atoms with Crippen LogP contribution >= 0.6 is 0 Å². The fourth-order valence-corrected chi connectivity index (χ4v) is 2.79. The van der Waals surface area contributed by atoms with Gasteiger partial charge in [-0.3, -0.25) is 4.79 Å². The maximum atomic E-state index is 12.3. The van der Waals surface area contributed by atoms with Gasteiger partial charge in [-0.1, -0.05) is 42.5 Å². The molecule has 3 aromatic carbocycles. The zero-order valence-corrected chi connectivity index (χ0v) is 16.7. The summed E-state index contributed by atoms with van der Waals surface area (Å²) in [5.41, 5.74) is 3.01. The van der Waals surface area contributed by atoms with Crippen molar-refractivity contribution < 1.29 is 14.3 Å². The van der Waals surface area contributed by atoms with Gasteiger partial charge < -0.3 is 20.1 Å². The van der Waals surface area contributed by atoms with Crippen molar-refractivity contribution in [1.82, 2.24) is 5.32 Å². The standard InChI is InChI=1S/C24H26N2O3/c1-18(24(27)25-16-19-8-12-22(28-2)13-9-19)26-21-10-14-23(15-11-21)29-17-20-6-4-3-5-7-20/h3-15,18,26H,16-17H2,1-2H3,(H,25,27)/t18-/m1/s1. The smallest absolute Gasteiger partial charge is 0.242 e. The Morgan fingerprint density at radius 1 is 0.862 bits per heavy atom. The van der Waals surface area contributed by atoms with Gasteiger partial charge in [0.1, 0.15) is 24.1 Å². The molecule has 3 aromatic rings. The first-order chi connectivity index (χ1) is 14.1. The number of nitrogens with one attached hydrogen (secondary N) is 2. The Morgan fingerprint density at radius 3 is 2.17 bits per heavy atom. The van der Waals surface area contributed by atoms with E-state index in [0.29, 0.717) is 13.2 Å². The van der Waals surface area contributed by atoms with Gasteiger partial charge >= 0.3 is 0 Å². The molecule has 5 nitrogen and oxygen atoms in total. The van der Waals surface area contributed by atoms with Crippen LogP contribution in [0.4, 0.5) is 5.69 Å². The van der Waals surface area contributed by atoms with Gasteiger partial charge in [-0.25, -0.2) is 0 Å². The largest absolute Gasteiger partial charge is 0.497 e. The lowest BCUT2D eigenvalue weighted by molar-refractivity contribution is -0.121. The molecule has 29 heavy (non-hydrogen) atoms.